The lowest BCUT2D eigenvalue weighted by atomic mass is 9.95. The van der Waals surface area contributed by atoms with Crippen molar-refractivity contribution in [3.8, 4) is 0 Å². The maximum atomic E-state index is 14.9. The Kier molecular flexibility index (Phi) is 12.0. The molecule has 0 aliphatic carbocycles. The monoisotopic (exact) mass is 587 g/mol. The summed E-state index contributed by atoms with van der Waals surface area (Å²) in [6.45, 7) is 12.6. The molecule has 4 rings (SSSR count). The van der Waals surface area contributed by atoms with Crippen LogP contribution in [0.1, 0.15) is 67.7 Å². The summed E-state index contributed by atoms with van der Waals surface area (Å²) in [4.78, 5) is 33.9. The average molecular weight is 588 g/mol. The largest absolute Gasteiger partial charge is 0.384 e. The summed E-state index contributed by atoms with van der Waals surface area (Å²) in [5.74, 6) is -0.568. The molecule has 2 aromatic rings. The fourth-order valence-electron chi connectivity index (χ4n) is 5.27. The van der Waals surface area contributed by atoms with Crippen molar-refractivity contribution < 1.29 is 14.0 Å². The van der Waals surface area contributed by atoms with Crippen LogP contribution in [0.3, 0.4) is 0 Å². The zero-order chi connectivity index (χ0) is 31.7. The number of anilines is 1. The molecule has 1 atom stereocenters. The van der Waals surface area contributed by atoms with Gasteiger partial charge >= 0.3 is 0 Å². The van der Waals surface area contributed by atoms with Gasteiger partial charge in [-0.15, -0.1) is 0 Å². The van der Waals surface area contributed by atoms with Crippen LogP contribution in [0.25, 0.3) is 11.6 Å². The second-order valence-corrected chi connectivity index (χ2v) is 10.9. The number of allylic oxidation sites excluding steroid dienone is 1. The zero-order valence-corrected chi connectivity index (χ0v) is 26.9. The van der Waals surface area contributed by atoms with E-state index in [4.69, 9.17) is 0 Å². The Morgan fingerprint density at radius 1 is 1.16 bits per heavy atom. The number of hydrogen-bond acceptors (Lipinski definition) is 6. The second kappa shape index (κ2) is 15.4. The number of carbonyl (C=O) groups excluding carboxylic acids is 2. The summed E-state index contributed by atoms with van der Waals surface area (Å²) in [5, 5.41) is 3.27. The number of benzene rings is 1. The van der Waals surface area contributed by atoms with Gasteiger partial charge in [-0.1, -0.05) is 37.6 Å². The van der Waals surface area contributed by atoms with Gasteiger partial charge in [0.25, 0.3) is 5.91 Å². The van der Waals surface area contributed by atoms with Gasteiger partial charge in [0, 0.05) is 92.9 Å². The Bertz CT molecular complexity index is 1440. The zero-order valence-electron chi connectivity index (χ0n) is 26.9. The van der Waals surface area contributed by atoms with Crippen molar-refractivity contribution in [3.63, 3.8) is 0 Å². The molecule has 1 aromatic carbocycles. The molecular formula is C35H46FN5O2. The third kappa shape index (κ3) is 8.08. The predicted molar refractivity (Wildman–Crippen MR) is 175 cm³/mol. The quantitative estimate of drug-likeness (QED) is 0.351. The standard InChI is InChI=1S/C33H40FN5O2.C2H6/c1-22(19-29-23(2)35-15-10-32(29)38(6)16-13-31-27(21-40)9-14-36-31)24(3)39-17-11-25(12-18-39)28-8-7-26(20-30(28)34)33(41)37(4)5;1-2/h7-8,10-11,13,15-16,19-21,24,36H,9,12,14,17-18H2,1-6H3;1-2H3/b16-13-,22-19+;. The molecule has 0 bridgehead atoms. The van der Waals surface area contributed by atoms with Crippen molar-refractivity contribution in [3.05, 3.63) is 93.9 Å². The first kappa shape index (κ1) is 33.5. The second-order valence-electron chi connectivity index (χ2n) is 10.9. The van der Waals surface area contributed by atoms with E-state index >= 15 is 0 Å². The van der Waals surface area contributed by atoms with E-state index < -0.39 is 0 Å². The van der Waals surface area contributed by atoms with Crippen molar-refractivity contribution in [2.45, 2.75) is 53.5 Å². The third-order valence-electron chi connectivity index (χ3n) is 8.00. The highest BCUT2D eigenvalue weighted by atomic mass is 19.1. The minimum absolute atomic E-state index is 0.175. The Balaban J connectivity index is 0.00000248. The molecule has 1 amide bonds. The Labute approximate surface area is 256 Å². The van der Waals surface area contributed by atoms with E-state index in [-0.39, 0.29) is 17.8 Å². The van der Waals surface area contributed by atoms with Gasteiger partial charge in [-0.05, 0) is 63.5 Å². The molecule has 0 spiro atoms. The smallest absolute Gasteiger partial charge is 0.253 e. The van der Waals surface area contributed by atoms with E-state index in [1.807, 2.05) is 52.4 Å². The lowest BCUT2D eigenvalue weighted by molar-refractivity contribution is -0.105. The molecule has 0 fully saturated rings. The number of aryl methyl sites for hydroxylation is 1. The molecule has 7 nitrogen and oxygen atoms in total. The molecule has 0 radical (unpaired) electrons. The van der Waals surface area contributed by atoms with E-state index in [0.29, 0.717) is 17.7 Å². The van der Waals surface area contributed by atoms with E-state index in [0.717, 1.165) is 66.0 Å². The molecule has 0 saturated carbocycles. The lowest BCUT2D eigenvalue weighted by Crippen LogP contribution is -2.37. The fraction of sp³-hybridized carbons (Fsp3) is 0.400. The highest BCUT2D eigenvalue weighted by molar-refractivity contribution is 5.94. The number of pyridine rings is 1. The van der Waals surface area contributed by atoms with Crippen LogP contribution in [0.15, 0.2) is 65.7 Å². The lowest BCUT2D eigenvalue weighted by Gasteiger charge is -2.33. The summed E-state index contributed by atoms with van der Waals surface area (Å²) in [6.07, 6.45) is 12.4. The molecule has 3 heterocycles. The number of rotatable bonds is 9. The fourth-order valence-corrected chi connectivity index (χ4v) is 5.27. The molecular weight excluding hydrogens is 541 g/mol. The molecule has 8 heteroatoms. The van der Waals surface area contributed by atoms with E-state index in [9.17, 15) is 14.0 Å². The average Bonchev–Trinajstić information content (AvgIpc) is 3.48. The van der Waals surface area contributed by atoms with E-state index in [1.54, 1.807) is 26.2 Å². The van der Waals surface area contributed by atoms with Crippen molar-refractivity contribution in [1.29, 1.82) is 0 Å². The number of aromatic nitrogens is 1. The van der Waals surface area contributed by atoms with Crippen LogP contribution in [0, 0.1) is 12.7 Å². The van der Waals surface area contributed by atoms with Crippen molar-refractivity contribution in [2.75, 3.05) is 45.7 Å². The van der Waals surface area contributed by atoms with Crippen LogP contribution in [0.5, 0.6) is 0 Å². The molecule has 1 aromatic heterocycles. The van der Waals surface area contributed by atoms with Gasteiger partial charge in [-0.3, -0.25) is 19.5 Å². The van der Waals surface area contributed by atoms with Gasteiger partial charge in [0.1, 0.15) is 12.1 Å². The summed E-state index contributed by atoms with van der Waals surface area (Å²) in [6, 6.07) is 6.93. The molecule has 230 valence electrons. The first-order valence-corrected chi connectivity index (χ1v) is 15.0. The Morgan fingerprint density at radius 2 is 1.91 bits per heavy atom. The van der Waals surface area contributed by atoms with Gasteiger partial charge < -0.3 is 15.1 Å². The Hall–Kier alpha value is -4.04. The molecule has 1 N–H and O–H groups in total. The number of hydrogen-bond donors (Lipinski definition) is 1. The summed E-state index contributed by atoms with van der Waals surface area (Å²) >= 11 is 0. The molecule has 1 unspecified atom stereocenters. The van der Waals surface area contributed by atoms with Gasteiger partial charge in [-0.2, -0.15) is 0 Å². The van der Waals surface area contributed by atoms with Crippen LogP contribution >= 0.6 is 0 Å². The van der Waals surface area contributed by atoms with Crippen LogP contribution in [-0.4, -0.2) is 73.8 Å². The number of carbonyl (C=O) groups is 2. The predicted octanol–water partition coefficient (Wildman–Crippen LogP) is 6.23. The van der Waals surface area contributed by atoms with Crippen LogP contribution in [0.2, 0.25) is 0 Å². The first-order chi connectivity index (χ1) is 20.6. The van der Waals surface area contributed by atoms with Crippen LogP contribution < -0.4 is 10.2 Å². The van der Waals surface area contributed by atoms with Crippen molar-refractivity contribution in [2.24, 2.45) is 0 Å². The van der Waals surface area contributed by atoms with Crippen LogP contribution in [-0.2, 0) is 4.79 Å². The van der Waals surface area contributed by atoms with Crippen LogP contribution in [0.4, 0.5) is 10.1 Å². The molecule has 0 saturated heterocycles. The first-order valence-electron chi connectivity index (χ1n) is 15.0. The third-order valence-corrected chi connectivity index (χ3v) is 8.00. The van der Waals surface area contributed by atoms with Crippen molar-refractivity contribution >= 4 is 29.5 Å². The number of nitrogens with zero attached hydrogens (tertiary/aromatic N) is 4. The number of aldehydes is 1. The number of amides is 1. The molecule has 2 aliphatic heterocycles. The summed E-state index contributed by atoms with van der Waals surface area (Å²) in [5.41, 5.74) is 7.78. The van der Waals surface area contributed by atoms with Crippen molar-refractivity contribution in [1.82, 2.24) is 20.1 Å². The normalized spacial score (nSPS) is 16.3. The summed E-state index contributed by atoms with van der Waals surface area (Å²) in [7, 11) is 5.32. The maximum absolute atomic E-state index is 14.9. The highest BCUT2D eigenvalue weighted by Crippen LogP contribution is 2.30. The topological polar surface area (TPSA) is 68.8 Å². The molecule has 43 heavy (non-hydrogen) atoms. The number of nitrogens with one attached hydrogen (secondary N) is 1. The minimum atomic E-state index is -0.360. The highest BCUT2D eigenvalue weighted by Gasteiger charge is 2.22. The van der Waals surface area contributed by atoms with Gasteiger partial charge in [0.2, 0.25) is 0 Å². The Morgan fingerprint density at radius 3 is 2.53 bits per heavy atom. The SMILES string of the molecule is C/C(=C\c1c(N(C)/C=C\C2=C(C=O)CCN2)ccnc1C)C(C)N1CC=C(c2ccc(C(=O)N(C)C)cc2F)CC1.CC. The van der Waals surface area contributed by atoms with Gasteiger partial charge in [-0.25, -0.2) is 4.39 Å². The van der Waals surface area contributed by atoms with Gasteiger partial charge in [0.15, 0.2) is 0 Å². The van der Waals surface area contributed by atoms with Gasteiger partial charge in [0.05, 0.1) is 5.69 Å². The van der Waals surface area contributed by atoms with E-state index in [1.165, 1.54) is 16.5 Å². The van der Waals surface area contributed by atoms with E-state index in [2.05, 4.69) is 46.1 Å². The summed E-state index contributed by atoms with van der Waals surface area (Å²) < 4.78 is 14.9. The minimum Gasteiger partial charge on any atom is -0.384 e. The molecule has 2 aliphatic rings. The number of halogens is 1. The maximum Gasteiger partial charge on any atom is 0.253 e.